The van der Waals surface area contributed by atoms with Crippen LogP contribution in [0.15, 0.2) is 29.2 Å². The molecule has 2 amide bonds. The van der Waals surface area contributed by atoms with Crippen molar-refractivity contribution in [3.63, 3.8) is 0 Å². The molecule has 2 saturated heterocycles. The fourth-order valence-corrected chi connectivity index (χ4v) is 4.90. The number of fused-ring (bicyclic) bond motifs is 2. The number of aromatic hydroxyl groups is 1. The molecule has 4 heterocycles. The van der Waals surface area contributed by atoms with Gasteiger partial charge in [-0.15, -0.1) is 0 Å². The number of rotatable bonds is 3. The molecule has 0 bridgehead atoms. The molecule has 3 aliphatic rings. The quantitative estimate of drug-likeness (QED) is 0.713. The maximum absolute atomic E-state index is 13.9. The molecule has 2 N–H and O–H groups in total. The summed E-state index contributed by atoms with van der Waals surface area (Å²) < 4.78 is 40.0. The van der Waals surface area contributed by atoms with Gasteiger partial charge in [-0.25, -0.2) is 8.78 Å². The lowest BCUT2D eigenvalue weighted by Crippen LogP contribution is -2.63. The number of carbonyl (C=O) groups is 2. The van der Waals surface area contributed by atoms with Crippen LogP contribution in [0.5, 0.6) is 5.75 Å². The fraction of sp³-hybridized carbons (Fsp3) is 0.409. The molecule has 1 aromatic heterocycles. The van der Waals surface area contributed by atoms with Gasteiger partial charge in [0.1, 0.15) is 23.2 Å². The molecular weight excluding hydrogens is 440 g/mol. The van der Waals surface area contributed by atoms with Crippen molar-refractivity contribution >= 4 is 11.8 Å². The summed E-state index contributed by atoms with van der Waals surface area (Å²) in [6.45, 7) is 2.31. The molecule has 0 aliphatic carbocycles. The van der Waals surface area contributed by atoms with Crippen LogP contribution in [0, 0.1) is 11.6 Å². The van der Waals surface area contributed by atoms with Gasteiger partial charge in [-0.1, -0.05) is 6.07 Å². The average Bonchev–Trinajstić information content (AvgIpc) is 3.11. The second-order valence-electron chi connectivity index (χ2n) is 8.42. The molecule has 0 saturated carbocycles. The van der Waals surface area contributed by atoms with E-state index in [-0.39, 0.29) is 30.5 Å². The van der Waals surface area contributed by atoms with Gasteiger partial charge >= 0.3 is 0 Å². The maximum Gasteiger partial charge on any atom is 0.277 e. The molecule has 1 spiro atoms. The van der Waals surface area contributed by atoms with Crippen LogP contribution in [0.1, 0.15) is 45.8 Å². The summed E-state index contributed by atoms with van der Waals surface area (Å²) >= 11 is 0. The van der Waals surface area contributed by atoms with Crippen molar-refractivity contribution < 1.29 is 33.0 Å². The van der Waals surface area contributed by atoms with E-state index in [0.29, 0.717) is 25.7 Å². The summed E-state index contributed by atoms with van der Waals surface area (Å²) in [5.41, 5.74) is -2.67. The highest BCUT2D eigenvalue weighted by Crippen LogP contribution is 2.47. The number of carbonyl (C=O) groups excluding carboxylic acids is 2. The Balaban J connectivity index is 1.53. The van der Waals surface area contributed by atoms with Crippen LogP contribution < -0.4 is 10.7 Å². The molecule has 174 valence electrons. The molecule has 2 fully saturated rings. The number of nitrogens with zero attached hydrogens (tertiary/aromatic N) is 2. The Bertz CT molecular complexity index is 1230. The van der Waals surface area contributed by atoms with Gasteiger partial charge in [0.25, 0.3) is 11.8 Å². The normalized spacial score (nSPS) is 25.9. The van der Waals surface area contributed by atoms with Gasteiger partial charge in [0, 0.05) is 30.8 Å². The summed E-state index contributed by atoms with van der Waals surface area (Å²) in [7, 11) is 0. The first-order valence-electron chi connectivity index (χ1n) is 10.5. The lowest BCUT2D eigenvalue weighted by molar-refractivity contribution is -0.172. The third-order valence-corrected chi connectivity index (χ3v) is 6.49. The first-order chi connectivity index (χ1) is 15.7. The van der Waals surface area contributed by atoms with E-state index in [1.807, 2.05) is 6.92 Å². The molecule has 3 aliphatic heterocycles. The lowest BCUT2D eigenvalue weighted by atomic mass is 9.91. The summed E-state index contributed by atoms with van der Waals surface area (Å²) in [6, 6.07) is 2.05. The third kappa shape index (κ3) is 3.14. The van der Waals surface area contributed by atoms with Gasteiger partial charge in [-0.05, 0) is 13.0 Å². The number of hydrogen-bond donors (Lipinski definition) is 2. The summed E-state index contributed by atoms with van der Waals surface area (Å²) in [6.07, 6.45) is 1.60. The number of aromatic nitrogens is 1. The Morgan fingerprint density at radius 1 is 1.30 bits per heavy atom. The predicted octanol–water partition coefficient (Wildman–Crippen LogP) is 1.29. The van der Waals surface area contributed by atoms with E-state index in [9.17, 15) is 28.3 Å². The third-order valence-electron chi connectivity index (χ3n) is 6.49. The zero-order valence-electron chi connectivity index (χ0n) is 17.6. The molecular formula is C22H21F2N3O6. The van der Waals surface area contributed by atoms with Crippen molar-refractivity contribution in [2.75, 3.05) is 19.8 Å². The first kappa shape index (κ1) is 21.5. The number of hydrogen-bond acceptors (Lipinski definition) is 6. The molecule has 2 aromatic rings. The smallest absolute Gasteiger partial charge is 0.277 e. The highest BCUT2D eigenvalue weighted by molar-refractivity contribution is 5.99. The minimum absolute atomic E-state index is 0.0193. The number of pyridine rings is 1. The van der Waals surface area contributed by atoms with Crippen molar-refractivity contribution in [2.24, 2.45) is 0 Å². The van der Waals surface area contributed by atoms with Crippen LogP contribution in [0.2, 0.25) is 0 Å². The average molecular weight is 461 g/mol. The Hall–Kier alpha value is -3.31. The van der Waals surface area contributed by atoms with Crippen LogP contribution >= 0.6 is 0 Å². The van der Waals surface area contributed by atoms with Crippen molar-refractivity contribution in [3.05, 3.63) is 63.1 Å². The molecule has 0 radical (unpaired) electrons. The molecule has 3 atom stereocenters. The molecule has 11 heteroatoms. The Morgan fingerprint density at radius 3 is 2.85 bits per heavy atom. The summed E-state index contributed by atoms with van der Waals surface area (Å²) in [5.74, 6) is -3.89. The Labute approximate surface area is 186 Å². The molecule has 1 aromatic carbocycles. The number of halogens is 2. The van der Waals surface area contributed by atoms with Gasteiger partial charge in [-0.3, -0.25) is 14.4 Å². The van der Waals surface area contributed by atoms with Crippen molar-refractivity contribution in [3.8, 4) is 5.75 Å². The fourth-order valence-electron chi connectivity index (χ4n) is 4.90. The van der Waals surface area contributed by atoms with E-state index in [4.69, 9.17) is 9.47 Å². The van der Waals surface area contributed by atoms with Crippen molar-refractivity contribution in [1.82, 2.24) is 14.8 Å². The lowest BCUT2D eigenvalue weighted by Gasteiger charge is -2.51. The first-order valence-corrected chi connectivity index (χ1v) is 10.5. The molecule has 5 rings (SSSR count). The van der Waals surface area contributed by atoms with Crippen LogP contribution in [0.25, 0.3) is 0 Å². The van der Waals surface area contributed by atoms with Crippen LogP contribution in [-0.4, -0.2) is 58.0 Å². The topological polar surface area (TPSA) is 110 Å². The standard InChI is InChI=1S/C22H21F2N3O6/c1-11-9-33-22-4-5-32-10-16(22)26-8-14(18(28)19(29)17(26)21(31)27(11)22)20(30)25-7-12-2-3-13(23)6-15(12)24/h2-3,6,8,11,16,29H,4-5,7,9-10H2,1H3,(H,25,30)/t11-,16+,22+/m1/s1. The van der Waals surface area contributed by atoms with Gasteiger partial charge in [0.15, 0.2) is 17.2 Å². The predicted molar refractivity (Wildman–Crippen MR) is 109 cm³/mol. The molecule has 9 nitrogen and oxygen atoms in total. The van der Waals surface area contributed by atoms with Crippen LogP contribution in [0.3, 0.4) is 0 Å². The number of ether oxygens (including phenoxy) is 2. The van der Waals surface area contributed by atoms with E-state index in [2.05, 4.69) is 5.32 Å². The summed E-state index contributed by atoms with van der Waals surface area (Å²) in [4.78, 5) is 40.4. The van der Waals surface area contributed by atoms with Gasteiger partial charge in [0.2, 0.25) is 5.43 Å². The van der Waals surface area contributed by atoms with Crippen molar-refractivity contribution in [2.45, 2.75) is 37.7 Å². The largest absolute Gasteiger partial charge is 0.503 e. The minimum atomic E-state index is -1.02. The second-order valence-corrected chi connectivity index (χ2v) is 8.42. The van der Waals surface area contributed by atoms with Gasteiger partial charge in [0.05, 0.1) is 25.9 Å². The number of nitrogens with one attached hydrogen (secondary N) is 1. The Kier molecular flexibility index (Phi) is 4.98. The second kappa shape index (κ2) is 7.63. The number of benzene rings is 1. The van der Waals surface area contributed by atoms with Crippen LogP contribution in [-0.2, 0) is 16.0 Å². The zero-order chi connectivity index (χ0) is 23.5. The summed E-state index contributed by atoms with van der Waals surface area (Å²) in [5, 5.41) is 13.1. The van der Waals surface area contributed by atoms with Crippen molar-refractivity contribution in [1.29, 1.82) is 0 Å². The molecule has 33 heavy (non-hydrogen) atoms. The van der Waals surface area contributed by atoms with E-state index in [1.165, 1.54) is 16.8 Å². The van der Waals surface area contributed by atoms with E-state index in [1.54, 1.807) is 4.90 Å². The highest BCUT2D eigenvalue weighted by atomic mass is 19.1. The molecule has 0 unspecified atom stereocenters. The van der Waals surface area contributed by atoms with E-state index >= 15 is 0 Å². The van der Waals surface area contributed by atoms with E-state index in [0.717, 1.165) is 6.07 Å². The van der Waals surface area contributed by atoms with Crippen LogP contribution in [0.4, 0.5) is 8.78 Å². The minimum Gasteiger partial charge on any atom is -0.503 e. The monoisotopic (exact) mass is 461 g/mol. The van der Waals surface area contributed by atoms with Gasteiger partial charge < -0.3 is 29.4 Å². The van der Waals surface area contributed by atoms with E-state index < -0.39 is 52.0 Å². The Morgan fingerprint density at radius 2 is 2.09 bits per heavy atom. The zero-order valence-corrected chi connectivity index (χ0v) is 17.6. The maximum atomic E-state index is 13.9. The van der Waals surface area contributed by atoms with Gasteiger partial charge in [-0.2, -0.15) is 0 Å². The highest BCUT2D eigenvalue weighted by Gasteiger charge is 2.60. The number of amides is 2. The SMILES string of the molecule is C[C@@H]1CO[C@@]23CCOC[C@@H]2n2cc(C(=O)NCc4ccc(F)cc4F)c(=O)c(O)c2C(=O)N13.